The number of nitrogens with zero attached hydrogens (tertiary/aromatic N) is 4. The first-order chi connectivity index (χ1) is 19.7. The van der Waals surface area contributed by atoms with Gasteiger partial charge in [0.1, 0.15) is 0 Å². The van der Waals surface area contributed by atoms with Crippen LogP contribution in [0.5, 0.6) is 0 Å². The van der Waals surface area contributed by atoms with E-state index < -0.39 is 33.8 Å². The largest absolute Gasteiger partial charge is 0.465 e. The molecule has 0 bridgehead atoms. The quantitative estimate of drug-likeness (QED) is 0.354. The van der Waals surface area contributed by atoms with Crippen LogP contribution in [-0.2, 0) is 27.5 Å². The van der Waals surface area contributed by atoms with E-state index in [9.17, 15) is 31.5 Å². The normalized spacial score (nSPS) is 15.5. The number of nitrogens with one attached hydrogen (secondary N) is 1. The summed E-state index contributed by atoms with van der Waals surface area (Å²) in [6, 6.07) is 9.60. The van der Waals surface area contributed by atoms with Crippen molar-refractivity contribution in [1.29, 1.82) is 0 Å². The van der Waals surface area contributed by atoms with Crippen LogP contribution in [0.2, 0.25) is 0 Å². The van der Waals surface area contributed by atoms with Crippen LogP contribution in [0.15, 0.2) is 42.5 Å². The van der Waals surface area contributed by atoms with Crippen molar-refractivity contribution >= 4 is 27.4 Å². The van der Waals surface area contributed by atoms with Gasteiger partial charge >= 0.3 is 12.1 Å². The van der Waals surface area contributed by atoms with E-state index in [1.165, 1.54) is 19.2 Å². The molecule has 0 aliphatic carbocycles. The number of hydrogen-bond acceptors (Lipinski definition) is 8. The molecule has 10 nitrogen and oxygen atoms in total. The second-order valence-electron chi connectivity index (χ2n) is 10.3. The Morgan fingerprint density at radius 3 is 2.29 bits per heavy atom. The van der Waals surface area contributed by atoms with E-state index in [1.807, 2.05) is 18.7 Å². The highest BCUT2D eigenvalue weighted by Gasteiger charge is 2.30. The van der Waals surface area contributed by atoms with Gasteiger partial charge in [-0.3, -0.25) is 14.3 Å². The zero-order chi connectivity index (χ0) is 30.8. The first-order valence-electron chi connectivity index (χ1n) is 13.2. The van der Waals surface area contributed by atoms with Gasteiger partial charge < -0.3 is 14.7 Å². The lowest BCUT2D eigenvalue weighted by atomic mass is 10.1. The summed E-state index contributed by atoms with van der Waals surface area (Å²) < 4.78 is 71.8. The SMILES string of the molecule is COC(=O)c1cccc(NS(C)(=O)=O)c1N1CCN(CC(O)Cn2nc(-c3ccc(C(F)(F)F)cc3)c(C)c2C)CC1. The Kier molecular flexibility index (Phi) is 9.18. The van der Waals surface area contributed by atoms with Crippen LogP contribution in [0, 0.1) is 13.8 Å². The zero-order valence-corrected chi connectivity index (χ0v) is 24.6. The Balaban J connectivity index is 1.42. The number of benzene rings is 2. The molecule has 4 rings (SSSR count). The Labute approximate surface area is 242 Å². The van der Waals surface area contributed by atoms with Crippen LogP contribution in [0.1, 0.15) is 27.2 Å². The summed E-state index contributed by atoms with van der Waals surface area (Å²) >= 11 is 0. The average molecular weight is 610 g/mol. The molecule has 1 aliphatic heterocycles. The molecule has 1 aliphatic rings. The molecule has 0 radical (unpaired) electrons. The highest BCUT2D eigenvalue weighted by Crippen LogP contribution is 2.33. The van der Waals surface area contributed by atoms with Crippen molar-refractivity contribution in [3.8, 4) is 11.3 Å². The molecule has 228 valence electrons. The van der Waals surface area contributed by atoms with E-state index in [2.05, 4.69) is 14.7 Å². The molecule has 1 saturated heterocycles. The van der Waals surface area contributed by atoms with E-state index in [4.69, 9.17) is 4.74 Å². The van der Waals surface area contributed by atoms with Crippen LogP contribution in [0.3, 0.4) is 0 Å². The first-order valence-corrected chi connectivity index (χ1v) is 15.1. The van der Waals surface area contributed by atoms with Crippen LogP contribution >= 0.6 is 0 Å². The van der Waals surface area contributed by atoms with Gasteiger partial charge in [0.25, 0.3) is 0 Å². The number of carbonyl (C=O) groups excluding carboxylic acids is 1. The van der Waals surface area contributed by atoms with E-state index in [0.29, 0.717) is 49.7 Å². The van der Waals surface area contributed by atoms with E-state index >= 15 is 0 Å². The number of hydrogen-bond donors (Lipinski definition) is 2. The number of methoxy groups -OCH3 is 1. The topological polar surface area (TPSA) is 117 Å². The number of aliphatic hydroxyl groups excluding tert-OH is 1. The highest BCUT2D eigenvalue weighted by molar-refractivity contribution is 7.92. The summed E-state index contributed by atoms with van der Waals surface area (Å²) in [5.41, 5.74) is 2.98. The molecule has 1 fully saturated rings. The van der Waals surface area contributed by atoms with Crippen molar-refractivity contribution in [3.05, 3.63) is 64.8 Å². The van der Waals surface area contributed by atoms with Crippen molar-refractivity contribution in [2.24, 2.45) is 0 Å². The Morgan fingerprint density at radius 1 is 1.07 bits per heavy atom. The van der Waals surface area contributed by atoms with E-state index in [1.54, 1.807) is 22.9 Å². The van der Waals surface area contributed by atoms with E-state index in [0.717, 1.165) is 29.6 Å². The lowest BCUT2D eigenvalue weighted by Crippen LogP contribution is -2.49. The van der Waals surface area contributed by atoms with Gasteiger partial charge in [-0.05, 0) is 43.7 Å². The molecule has 0 spiro atoms. The summed E-state index contributed by atoms with van der Waals surface area (Å²) in [7, 11) is -2.34. The van der Waals surface area contributed by atoms with Crippen molar-refractivity contribution in [2.45, 2.75) is 32.7 Å². The van der Waals surface area contributed by atoms with Gasteiger partial charge in [0.15, 0.2) is 0 Å². The number of para-hydroxylation sites is 1. The standard InChI is InChI=1S/C28H34F3N5O5S/c1-18-19(2)36(32-25(18)20-8-10-21(11-9-20)28(29,30)31)17-22(37)16-34-12-14-35(15-13-34)26-23(27(38)41-3)6-5-7-24(26)33-42(4,39)40/h5-11,22,33,37H,12-17H2,1-4H3. The summed E-state index contributed by atoms with van der Waals surface area (Å²) in [6.45, 7) is 6.25. The maximum Gasteiger partial charge on any atom is 0.416 e. The highest BCUT2D eigenvalue weighted by atomic mass is 32.2. The van der Waals surface area contributed by atoms with Gasteiger partial charge in [0.05, 0.1) is 54.2 Å². The molecule has 1 aromatic heterocycles. The van der Waals surface area contributed by atoms with Crippen LogP contribution in [0.25, 0.3) is 11.3 Å². The minimum Gasteiger partial charge on any atom is -0.465 e. The zero-order valence-electron chi connectivity index (χ0n) is 23.8. The van der Waals surface area contributed by atoms with E-state index in [-0.39, 0.29) is 17.8 Å². The molecule has 2 heterocycles. The predicted molar refractivity (Wildman–Crippen MR) is 153 cm³/mol. The Bertz CT molecular complexity index is 1530. The smallest absolute Gasteiger partial charge is 0.416 e. The molecular formula is C28H34F3N5O5S. The fourth-order valence-corrected chi connectivity index (χ4v) is 5.62. The van der Waals surface area contributed by atoms with Gasteiger partial charge in [-0.25, -0.2) is 13.2 Å². The third-order valence-corrected chi connectivity index (χ3v) is 7.86. The fourth-order valence-electron chi connectivity index (χ4n) is 5.06. The van der Waals surface area contributed by atoms with Crippen LogP contribution in [-0.4, -0.2) is 86.4 Å². The Hall–Kier alpha value is -3.62. The molecule has 3 aromatic rings. The average Bonchev–Trinajstić information content (AvgIpc) is 3.20. The minimum absolute atomic E-state index is 0.196. The van der Waals surface area contributed by atoms with Crippen molar-refractivity contribution in [2.75, 3.05) is 55.7 Å². The second kappa shape index (κ2) is 12.3. The van der Waals surface area contributed by atoms with Gasteiger partial charge in [0.2, 0.25) is 10.0 Å². The van der Waals surface area contributed by atoms with Gasteiger partial charge in [-0.2, -0.15) is 18.3 Å². The number of anilines is 2. The number of β-amino-alcohol motifs (C(OH)–C–C–N with tert-alkyl or cyclic N) is 1. The summed E-state index contributed by atoms with van der Waals surface area (Å²) in [4.78, 5) is 16.4. The monoisotopic (exact) mass is 609 g/mol. The van der Waals surface area contributed by atoms with Crippen LogP contribution < -0.4 is 9.62 Å². The molecule has 2 aromatic carbocycles. The number of carbonyl (C=O) groups is 1. The summed E-state index contributed by atoms with van der Waals surface area (Å²) in [5.74, 6) is -0.583. The van der Waals surface area contributed by atoms with Crippen molar-refractivity contribution in [1.82, 2.24) is 14.7 Å². The number of halogens is 3. The lowest BCUT2D eigenvalue weighted by molar-refractivity contribution is -0.137. The maximum atomic E-state index is 13.0. The maximum absolute atomic E-state index is 13.0. The predicted octanol–water partition coefficient (Wildman–Crippen LogP) is 3.53. The van der Waals surface area contributed by atoms with Crippen molar-refractivity contribution < 1.29 is 36.2 Å². The summed E-state index contributed by atoms with van der Waals surface area (Å²) in [5, 5.41) is 15.5. The first kappa shape index (κ1) is 31.3. The number of aliphatic hydroxyl groups is 1. The molecule has 42 heavy (non-hydrogen) atoms. The molecular weight excluding hydrogens is 575 g/mol. The molecule has 1 atom stereocenters. The minimum atomic E-state index is -4.42. The number of rotatable bonds is 9. The number of ether oxygens (including phenoxy) is 1. The molecule has 0 amide bonds. The van der Waals surface area contributed by atoms with Gasteiger partial charge in [0, 0.05) is 44.0 Å². The third kappa shape index (κ3) is 7.23. The number of esters is 1. The molecule has 1 unspecified atom stereocenters. The molecule has 2 N–H and O–H groups in total. The molecule has 14 heteroatoms. The number of aromatic nitrogens is 2. The van der Waals surface area contributed by atoms with Gasteiger partial charge in [-0.1, -0.05) is 18.2 Å². The fraction of sp³-hybridized carbons (Fsp3) is 0.429. The Morgan fingerprint density at radius 2 is 1.71 bits per heavy atom. The van der Waals surface area contributed by atoms with Crippen LogP contribution in [0.4, 0.5) is 24.5 Å². The number of alkyl halides is 3. The third-order valence-electron chi connectivity index (χ3n) is 7.27. The van der Waals surface area contributed by atoms with Crippen molar-refractivity contribution in [3.63, 3.8) is 0 Å². The molecule has 0 saturated carbocycles. The number of sulfonamides is 1. The summed E-state index contributed by atoms with van der Waals surface area (Å²) in [6.07, 6.45) is -4.16. The number of piperazine rings is 1. The lowest BCUT2D eigenvalue weighted by Gasteiger charge is -2.38. The van der Waals surface area contributed by atoms with Gasteiger partial charge in [-0.15, -0.1) is 0 Å². The second-order valence-corrected chi connectivity index (χ2v) is 12.1.